The summed E-state index contributed by atoms with van der Waals surface area (Å²) >= 11 is 0. The molecule has 0 saturated carbocycles. The maximum absolute atomic E-state index is 12.5. The van der Waals surface area contributed by atoms with E-state index < -0.39 is 16.7 Å². The molecule has 86 valence electrons. The van der Waals surface area contributed by atoms with E-state index in [0.717, 1.165) is 0 Å². The summed E-state index contributed by atoms with van der Waals surface area (Å²) in [6.07, 6.45) is -4.75. The topological polar surface area (TPSA) is 43.1 Å². The molecule has 0 aliphatic carbocycles. The van der Waals surface area contributed by atoms with Gasteiger partial charge < -0.3 is 0 Å². The Bertz CT molecular complexity index is 438. The van der Waals surface area contributed by atoms with Crippen molar-refractivity contribution in [1.29, 1.82) is 0 Å². The van der Waals surface area contributed by atoms with Crippen LogP contribution in [0, 0.1) is 17.0 Å². The van der Waals surface area contributed by atoms with Crippen molar-refractivity contribution in [2.24, 2.45) is 0 Å². The molecule has 0 bridgehead atoms. The summed E-state index contributed by atoms with van der Waals surface area (Å²) in [5.74, 6) is 0. The quantitative estimate of drug-likeness (QED) is 0.579. The third-order valence-electron chi connectivity index (χ3n) is 1.87. The third kappa shape index (κ3) is 3.08. The van der Waals surface area contributed by atoms with E-state index in [0.29, 0.717) is 5.56 Å². The number of rotatable bonds is 2. The first-order valence-electron chi connectivity index (χ1n) is 4.30. The second-order valence-corrected chi connectivity index (χ2v) is 3.20. The molecular weight excluding hydrogens is 223 g/mol. The van der Waals surface area contributed by atoms with Crippen molar-refractivity contribution in [3.8, 4) is 0 Å². The smallest absolute Gasteiger partial charge is 0.259 e. The number of allylic oxidation sites excluding steroid dienone is 1. The van der Waals surface area contributed by atoms with Gasteiger partial charge >= 0.3 is 6.18 Å². The van der Waals surface area contributed by atoms with Crippen LogP contribution in [0.3, 0.4) is 0 Å². The summed E-state index contributed by atoms with van der Waals surface area (Å²) in [4.78, 5) is 9.04. The molecule has 1 aromatic rings. The predicted octanol–water partition coefficient (Wildman–Crippen LogP) is 3.17. The van der Waals surface area contributed by atoms with E-state index in [1.807, 2.05) is 0 Å². The van der Waals surface area contributed by atoms with Gasteiger partial charge in [-0.25, -0.2) is 0 Å². The number of halogens is 3. The molecule has 0 aliphatic heterocycles. The Hall–Kier alpha value is -1.85. The maximum Gasteiger partial charge on any atom is 0.422 e. The molecule has 0 fully saturated rings. The fraction of sp³-hybridized carbons (Fsp3) is 0.200. The third-order valence-corrected chi connectivity index (χ3v) is 1.87. The average molecular weight is 231 g/mol. The van der Waals surface area contributed by atoms with E-state index in [2.05, 4.69) is 0 Å². The molecule has 1 rings (SSSR count). The second kappa shape index (κ2) is 4.34. The lowest BCUT2D eigenvalue weighted by Crippen LogP contribution is -2.12. The second-order valence-electron chi connectivity index (χ2n) is 3.20. The van der Waals surface area contributed by atoms with Gasteiger partial charge in [0.25, 0.3) is 0 Å². The van der Waals surface area contributed by atoms with E-state index in [4.69, 9.17) is 0 Å². The van der Waals surface area contributed by atoms with Gasteiger partial charge in [-0.2, -0.15) is 13.2 Å². The van der Waals surface area contributed by atoms with Gasteiger partial charge in [0, 0.05) is 0 Å². The predicted molar refractivity (Wildman–Crippen MR) is 52.2 cm³/mol. The van der Waals surface area contributed by atoms with E-state index in [9.17, 15) is 23.3 Å². The molecule has 0 spiro atoms. The van der Waals surface area contributed by atoms with Crippen LogP contribution >= 0.6 is 0 Å². The first kappa shape index (κ1) is 12.2. The van der Waals surface area contributed by atoms with Crippen LogP contribution in [0.2, 0.25) is 0 Å². The van der Waals surface area contributed by atoms with Crippen molar-refractivity contribution in [3.63, 3.8) is 0 Å². The average Bonchev–Trinajstić information content (AvgIpc) is 2.12. The number of alkyl halides is 3. The molecule has 0 aromatic heterocycles. The van der Waals surface area contributed by atoms with Gasteiger partial charge in [-0.15, -0.1) is 0 Å². The lowest BCUT2D eigenvalue weighted by Gasteiger charge is -2.09. The van der Waals surface area contributed by atoms with Crippen molar-refractivity contribution in [3.05, 3.63) is 51.7 Å². The van der Waals surface area contributed by atoms with Gasteiger partial charge in [0.1, 0.15) is 5.57 Å². The van der Waals surface area contributed by atoms with Crippen LogP contribution in [0.4, 0.5) is 13.2 Å². The Morgan fingerprint density at radius 1 is 1.44 bits per heavy atom. The Labute approximate surface area is 89.4 Å². The molecule has 16 heavy (non-hydrogen) atoms. The summed E-state index contributed by atoms with van der Waals surface area (Å²) in [7, 11) is 0. The van der Waals surface area contributed by atoms with Gasteiger partial charge in [0.2, 0.25) is 6.20 Å². The van der Waals surface area contributed by atoms with Crippen LogP contribution in [0.5, 0.6) is 0 Å². The summed E-state index contributed by atoms with van der Waals surface area (Å²) in [5, 5.41) is 10.1. The molecule has 0 unspecified atom stereocenters. The molecule has 0 amide bonds. The van der Waals surface area contributed by atoms with E-state index in [1.165, 1.54) is 18.2 Å². The first-order valence-corrected chi connectivity index (χ1v) is 4.30. The van der Waals surface area contributed by atoms with Crippen molar-refractivity contribution >= 4 is 5.57 Å². The fourth-order valence-electron chi connectivity index (χ4n) is 1.23. The normalized spacial score (nSPS) is 12.6. The van der Waals surface area contributed by atoms with E-state index in [1.54, 1.807) is 13.0 Å². The fourth-order valence-corrected chi connectivity index (χ4v) is 1.23. The molecule has 0 atom stereocenters. The van der Waals surface area contributed by atoms with Gasteiger partial charge in [0.05, 0.1) is 4.92 Å². The molecule has 0 N–H and O–H groups in total. The zero-order chi connectivity index (χ0) is 12.3. The minimum absolute atomic E-state index is 0.0191. The highest BCUT2D eigenvalue weighted by Crippen LogP contribution is 2.33. The van der Waals surface area contributed by atoms with Crippen molar-refractivity contribution in [2.75, 3.05) is 0 Å². The molecule has 1 aromatic carbocycles. The number of hydrogen-bond donors (Lipinski definition) is 0. The zero-order valence-corrected chi connectivity index (χ0v) is 8.28. The highest BCUT2D eigenvalue weighted by atomic mass is 19.4. The lowest BCUT2D eigenvalue weighted by atomic mass is 10.0. The van der Waals surface area contributed by atoms with Gasteiger partial charge in [-0.3, -0.25) is 10.1 Å². The summed E-state index contributed by atoms with van der Waals surface area (Å²) in [5.41, 5.74) is -0.846. The van der Waals surface area contributed by atoms with Crippen LogP contribution in [0.15, 0.2) is 30.5 Å². The largest absolute Gasteiger partial charge is 0.422 e. The van der Waals surface area contributed by atoms with Crippen LogP contribution in [0.1, 0.15) is 11.1 Å². The maximum atomic E-state index is 12.5. The van der Waals surface area contributed by atoms with Crippen molar-refractivity contribution in [1.82, 2.24) is 0 Å². The summed E-state index contributed by atoms with van der Waals surface area (Å²) in [6, 6.07) is 5.48. The molecule has 0 radical (unpaired) electrons. The Morgan fingerprint density at radius 3 is 2.50 bits per heavy atom. The highest BCUT2D eigenvalue weighted by molar-refractivity contribution is 5.68. The van der Waals surface area contributed by atoms with Gasteiger partial charge in [-0.1, -0.05) is 29.8 Å². The standard InChI is InChI=1S/C10H8F3NO2/c1-7-3-2-4-8(5-7)9(6-14(15)16)10(11,12)13/h2-6H,1H3/b9-6+. The molecule has 0 heterocycles. The number of hydrogen-bond acceptors (Lipinski definition) is 2. The minimum atomic E-state index is -4.74. The van der Waals surface area contributed by atoms with Gasteiger partial charge in [0.15, 0.2) is 0 Å². The number of nitrogens with zero attached hydrogens (tertiary/aromatic N) is 1. The molecule has 3 nitrogen and oxygen atoms in total. The number of benzene rings is 1. The minimum Gasteiger partial charge on any atom is -0.259 e. The Kier molecular flexibility index (Phi) is 3.31. The van der Waals surface area contributed by atoms with Crippen LogP contribution < -0.4 is 0 Å². The zero-order valence-electron chi connectivity index (χ0n) is 8.28. The monoisotopic (exact) mass is 231 g/mol. The lowest BCUT2D eigenvalue weighted by molar-refractivity contribution is -0.402. The Balaban J connectivity index is 3.28. The van der Waals surface area contributed by atoms with E-state index >= 15 is 0 Å². The van der Waals surface area contributed by atoms with Crippen LogP contribution in [0.25, 0.3) is 5.57 Å². The van der Waals surface area contributed by atoms with Crippen LogP contribution in [-0.2, 0) is 0 Å². The summed E-state index contributed by atoms with van der Waals surface area (Å²) < 4.78 is 37.6. The van der Waals surface area contributed by atoms with Crippen molar-refractivity contribution in [2.45, 2.75) is 13.1 Å². The Morgan fingerprint density at radius 2 is 2.06 bits per heavy atom. The van der Waals surface area contributed by atoms with Gasteiger partial charge in [-0.05, 0) is 12.5 Å². The number of nitro groups is 1. The molecule has 6 heteroatoms. The molecule has 0 saturated heterocycles. The van der Waals surface area contributed by atoms with Crippen molar-refractivity contribution < 1.29 is 18.1 Å². The SMILES string of the molecule is Cc1cccc(/C(=C\[N+](=O)[O-])C(F)(F)F)c1. The van der Waals surface area contributed by atoms with Crippen LogP contribution in [-0.4, -0.2) is 11.1 Å². The first-order chi connectivity index (χ1) is 7.30. The number of aryl methyl sites for hydroxylation is 1. The molecular formula is C10H8F3NO2. The summed E-state index contributed by atoms with van der Waals surface area (Å²) in [6.45, 7) is 1.61. The molecule has 0 aliphatic rings. The highest BCUT2D eigenvalue weighted by Gasteiger charge is 2.37. The van der Waals surface area contributed by atoms with E-state index in [-0.39, 0.29) is 11.8 Å².